The Hall–Kier alpha value is -3.96. The number of hydrogen-bond donors (Lipinski definition) is 1. The molecule has 1 saturated heterocycles. The maximum atomic E-state index is 12.5. The van der Waals surface area contributed by atoms with Gasteiger partial charge < -0.3 is 24.2 Å². The smallest absolute Gasteiger partial charge is 0.311 e. The van der Waals surface area contributed by atoms with E-state index in [-0.39, 0.29) is 18.3 Å². The van der Waals surface area contributed by atoms with Gasteiger partial charge in [-0.2, -0.15) is 0 Å². The number of rotatable bonds is 6. The van der Waals surface area contributed by atoms with Gasteiger partial charge >= 0.3 is 4.87 Å². The normalized spacial score (nSPS) is 15.3. The monoisotopic (exact) mass is 508 g/mol. The van der Waals surface area contributed by atoms with Crippen LogP contribution in [0.3, 0.4) is 0 Å². The molecular weight excluding hydrogens is 484 g/mol. The van der Waals surface area contributed by atoms with Crippen LogP contribution in [0, 0.1) is 0 Å². The predicted molar refractivity (Wildman–Crippen MR) is 134 cm³/mol. The number of benzene rings is 2. The Labute approximate surface area is 210 Å². The Morgan fingerprint density at radius 1 is 1.11 bits per heavy atom. The molecule has 1 fully saturated rings. The van der Waals surface area contributed by atoms with Crippen molar-refractivity contribution in [1.29, 1.82) is 0 Å². The molecule has 0 spiro atoms. The predicted octanol–water partition coefficient (Wildman–Crippen LogP) is 1.03. The lowest BCUT2D eigenvalue weighted by molar-refractivity contribution is -0.136. The van der Waals surface area contributed by atoms with Crippen molar-refractivity contribution < 1.29 is 24.1 Å². The molecule has 10 nitrogen and oxygen atoms in total. The van der Waals surface area contributed by atoms with Gasteiger partial charge in [-0.1, -0.05) is 17.4 Å². The van der Waals surface area contributed by atoms with Crippen LogP contribution in [0.15, 0.2) is 51.2 Å². The molecule has 11 heteroatoms. The minimum Gasteiger partial charge on any atom is -0.493 e. The first-order chi connectivity index (χ1) is 17.5. The number of nitrogens with zero attached hydrogens (tertiary/aromatic N) is 4. The molecule has 2 aliphatic heterocycles. The third-order valence-electron chi connectivity index (χ3n) is 5.94. The number of ether oxygens (including phenoxy) is 3. The van der Waals surface area contributed by atoms with E-state index in [0.717, 1.165) is 26.7 Å². The summed E-state index contributed by atoms with van der Waals surface area (Å²) >= 11 is 0.884. The zero-order valence-corrected chi connectivity index (χ0v) is 20.6. The van der Waals surface area contributed by atoms with Gasteiger partial charge in [0.25, 0.3) is 0 Å². The molecule has 2 aliphatic rings. The van der Waals surface area contributed by atoms with Crippen molar-refractivity contribution in [1.82, 2.24) is 9.47 Å². The van der Waals surface area contributed by atoms with Crippen molar-refractivity contribution in [2.75, 3.05) is 40.5 Å². The van der Waals surface area contributed by atoms with Gasteiger partial charge in [0, 0.05) is 18.7 Å². The molecule has 3 heterocycles. The Morgan fingerprint density at radius 2 is 1.89 bits per heavy atom. The largest absolute Gasteiger partial charge is 0.493 e. The number of aromatic nitrogens is 1. The van der Waals surface area contributed by atoms with Crippen LogP contribution in [-0.2, 0) is 16.1 Å². The van der Waals surface area contributed by atoms with Gasteiger partial charge in [-0.15, -0.1) is 0 Å². The van der Waals surface area contributed by atoms with E-state index in [1.807, 2.05) is 30.3 Å². The van der Waals surface area contributed by atoms with Crippen LogP contribution < -0.4 is 24.9 Å². The Bertz CT molecular complexity index is 1530. The van der Waals surface area contributed by atoms with Crippen LogP contribution in [0.5, 0.6) is 17.4 Å². The zero-order chi connectivity index (χ0) is 25.2. The number of morpholine rings is 1. The number of aliphatic imine (C=N–C) groups is 1. The number of carbonyl (C=O) groups excluding carboxylic acids is 1. The lowest BCUT2D eigenvalue weighted by atomic mass is 10.2. The van der Waals surface area contributed by atoms with Gasteiger partial charge in [0.1, 0.15) is 6.54 Å². The molecular formula is C25H24N4O6S. The summed E-state index contributed by atoms with van der Waals surface area (Å²) < 4.78 is 17.0. The number of hydrogen-bond acceptors (Lipinski definition) is 9. The van der Waals surface area contributed by atoms with E-state index in [2.05, 4.69) is 9.98 Å². The fraction of sp³-hybridized carbons (Fsp3) is 0.280. The number of amidine groups is 1. The summed E-state index contributed by atoms with van der Waals surface area (Å²) in [5.41, 5.74) is 1.45. The second kappa shape index (κ2) is 9.96. The highest BCUT2D eigenvalue weighted by Crippen LogP contribution is 2.29. The SMILES string of the molecule is COc1ccc(C2=Nc3cc(=Cc4sc(=O)n(CC(=O)N5CCOCC5)c4O)ccc3=N2)cc1OC. The van der Waals surface area contributed by atoms with Crippen LogP contribution in [0.25, 0.3) is 6.08 Å². The van der Waals surface area contributed by atoms with Crippen LogP contribution in [0.2, 0.25) is 0 Å². The van der Waals surface area contributed by atoms with Gasteiger partial charge in [-0.05, 0) is 41.6 Å². The van der Waals surface area contributed by atoms with E-state index < -0.39 is 4.87 Å². The fourth-order valence-corrected chi connectivity index (χ4v) is 4.86. The van der Waals surface area contributed by atoms with E-state index in [4.69, 9.17) is 14.2 Å². The van der Waals surface area contributed by atoms with Crippen molar-refractivity contribution in [2.45, 2.75) is 6.54 Å². The third-order valence-corrected chi connectivity index (χ3v) is 6.86. The molecule has 0 atom stereocenters. The van der Waals surface area contributed by atoms with Crippen LogP contribution in [0.4, 0.5) is 5.69 Å². The first kappa shape index (κ1) is 23.8. The summed E-state index contributed by atoms with van der Waals surface area (Å²) in [5.74, 6) is 1.29. The topological polar surface area (TPSA) is 115 Å². The highest BCUT2D eigenvalue weighted by atomic mass is 32.1. The van der Waals surface area contributed by atoms with Crippen LogP contribution >= 0.6 is 11.3 Å². The standard InChI is InChI=1S/C25H24N4O6S/c1-33-19-6-4-16(13-20(19)34-2)23-26-17-5-3-15(11-18(17)27-23)12-21-24(31)29(25(32)36-21)14-22(30)28-7-9-35-10-8-28/h3-6,11-13,31H,7-10,14H2,1-2H3. The van der Waals surface area contributed by atoms with Crippen LogP contribution in [0.1, 0.15) is 10.4 Å². The summed E-state index contributed by atoms with van der Waals surface area (Å²) in [6.45, 7) is 1.68. The molecule has 186 valence electrons. The Balaban J connectivity index is 1.41. The first-order valence-corrected chi connectivity index (χ1v) is 12.1. The quantitative estimate of drug-likeness (QED) is 0.532. The number of methoxy groups -OCH3 is 2. The van der Waals surface area contributed by atoms with E-state index in [0.29, 0.717) is 59.6 Å². The van der Waals surface area contributed by atoms with Crippen LogP contribution in [-0.4, -0.2) is 66.8 Å². The molecule has 36 heavy (non-hydrogen) atoms. The summed E-state index contributed by atoms with van der Waals surface area (Å²) in [4.78, 5) is 35.9. The molecule has 0 unspecified atom stereocenters. The Kier molecular flexibility index (Phi) is 6.57. The maximum absolute atomic E-state index is 12.5. The van der Waals surface area contributed by atoms with Crippen molar-refractivity contribution in [3.05, 3.63) is 67.1 Å². The summed E-state index contributed by atoms with van der Waals surface area (Å²) in [6, 6.07) is 11.0. The molecule has 1 N–H and O–H groups in total. The van der Waals surface area contributed by atoms with Gasteiger partial charge in [-0.25, -0.2) is 9.98 Å². The molecule has 1 aromatic heterocycles. The highest BCUT2D eigenvalue weighted by Gasteiger charge is 2.21. The number of carbonyl (C=O) groups is 1. The molecule has 0 bridgehead atoms. The maximum Gasteiger partial charge on any atom is 0.311 e. The molecule has 0 radical (unpaired) electrons. The summed E-state index contributed by atoms with van der Waals surface area (Å²) in [5, 5.41) is 12.1. The van der Waals surface area contributed by atoms with E-state index >= 15 is 0 Å². The third kappa shape index (κ3) is 4.62. The van der Waals surface area contributed by atoms with Gasteiger partial charge in [0.15, 0.2) is 17.3 Å². The minimum absolute atomic E-state index is 0.211. The van der Waals surface area contributed by atoms with Crippen molar-refractivity contribution >= 4 is 34.8 Å². The lowest BCUT2D eigenvalue weighted by Gasteiger charge is -2.26. The zero-order valence-electron chi connectivity index (χ0n) is 19.8. The van der Waals surface area contributed by atoms with Gasteiger partial charge in [-0.3, -0.25) is 14.2 Å². The second-order valence-corrected chi connectivity index (χ2v) is 9.14. The molecule has 3 aromatic rings. The average molecular weight is 509 g/mol. The lowest BCUT2D eigenvalue weighted by Crippen LogP contribution is -2.43. The second-order valence-electron chi connectivity index (χ2n) is 8.14. The van der Waals surface area contributed by atoms with Crippen molar-refractivity contribution in [3.8, 4) is 17.4 Å². The molecule has 5 rings (SSSR count). The molecule has 2 aromatic carbocycles. The number of fused-ring (bicyclic) bond motifs is 1. The molecule has 1 amide bonds. The first-order valence-electron chi connectivity index (χ1n) is 11.3. The molecule has 0 saturated carbocycles. The van der Waals surface area contributed by atoms with Gasteiger partial charge in [0.2, 0.25) is 11.8 Å². The number of aromatic hydroxyl groups is 1. The van der Waals surface area contributed by atoms with Crippen molar-refractivity contribution in [2.24, 2.45) is 9.98 Å². The average Bonchev–Trinajstić information content (AvgIpc) is 3.44. The molecule has 0 aliphatic carbocycles. The van der Waals surface area contributed by atoms with E-state index in [1.54, 1.807) is 31.3 Å². The van der Waals surface area contributed by atoms with Gasteiger partial charge in [0.05, 0.1) is 43.4 Å². The minimum atomic E-state index is -0.398. The highest BCUT2D eigenvalue weighted by molar-refractivity contribution is 7.10. The number of thiazole rings is 1. The summed E-state index contributed by atoms with van der Waals surface area (Å²) in [6.07, 6.45) is 1.70. The number of amides is 1. The summed E-state index contributed by atoms with van der Waals surface area (Å²) in [7, 11) is 3.15. The Morgan fingerprint density at radius 3 is 2.64 bits per heavy atom. The van der Waals surface area contributed by atoms with E-state index in [1.165, 1.54) is 0 Å². The fourth-order valence-electron chi connectivity index (χ4n) is 4.02. The van der Waals surface area contributed by atoms with Crippen molar-refractivity contribution in [3.63, 3.8) is 0 Å². The van der Waals surface area contributed by atoms with E-state index in [9.17, 15) is 14.7 Å².